The van der Waals surface area contributed by atoms with Crippen LogP contribution in [-0.2, 0) is 20.7 Å². The maximum absolute atomic E-state index is 12.2. The van der Waals surface area contributed by atoms with Crippen LogP contribution in [0.1, 0.15) is 19.4 Å². The Balaban J connectivity index is 2.01. The summed E-state index contributed by atoms with van der Waals surface area (Å²) >= 11 is 0. The van der Waals surface area contributed by atoms with Crippen molar-refractivity contribution in [3.63, 3.8) is 0 Å². The van der Waals surface area contributed by atoms with Crippen molar-refractivity contribution in [3.05, 3.63) is 23.8 Å². The molecule has 1 N–H and O–H groups in total. The molecule has 1 aliphatic heterocycles. The fraction of sp³-hybridized carbons (Fsp3) is 0.529. The maximum atomic E-state index is 12.2. The highest BCUT2D eigenvalue weighted by Crippen LogP contribution is 2.41. The van der Waals surface area contributed by atoms with E-state index >= 15 is 0 Å². The van der Waals surface area contributed by atoms with Crippen molar-refractivity contribution in [2.24, 2.45) is 0 Å². The number of rotatable bonds is 8. The van der Waals surface area contributed by atoms with Gasteiger partial charge in [-0.25, -0.2) is 0 Å². The number of carboxylic acid groups (broad SMARTS) is 1. The SMILES string of the molecule is COCCN(CC(=O)O)C(=O)COc1cccc2c1OC(C)(C)C2. The maximum Gasteiger partial charge on any atom is 0.323 e. The van der Waals surface area contributed by atoms with E-state index in [-0.39, 0.29) is 31.9 Å². The normalized spacial score (nSPS) is 14.6. The molecule has 2 rings (SSSR count). The lowest BCUT2D eigenvalue weighted by molar-refractivity contribution is -0.145. The molecule has 0 radical (unpaired) electrons. The number of carbonyl (C=O) groups is 2. The summed E-state index contributed by atoms with van der Waals surface area (Å²) in [7, 11) is 1.49. The predicted molar refractivity (Wildman–Crippen MR) is 86.4 cm³/mol. The van der Waals surface area contributed by atoms with E-state index in [1.165, 1.54) is 12.0 Å². The number of hydrogen-bond donors (Lipinski definition) is 1. The number of benzene rings is 1. The molecule has 0 aromatic heterocycles. The van der Waals surface area contributed by atoms with Crippen LogP contribution >= 0.6 is 0 Å². The van der Waals surface area contributed by atoms with Gasteiger partial charge in [-0.3, -0.25) is 9.59 Å². The Labute approximate surface area is 141 Å². The number of carbonyl (C=O) groups excluding carboxylic acids is 1. The highest BCUT2D eigenvalue weighted by atomic mass is 16.5. The molecule has 0 saturated carbocycles. The summed E-state index contributed by atoms with van der Waals surface area (Å²) < 4.78 is 16.4. The topological polar surface area (TPSA) is 85.3 Å². The second-order valence-corrected chi connectivity index (χ2v) is 6.27. The van der Waals surface area contributed by atoms with Gasteiger partial charge in [-0.05, 0) is 19.9 Å². The fourth-order valence-corrected chi connectivity index (χ4v) is 2.59. The van der Waals surface area contributed by atoms with E-state index in [4.69, 9.17) is 19.3 Å². The molecule has 7 heteroatoms. The number of fused-ring (bicyclic) bond motifs is 1. The monoisotopic (exact) mass is 337 g/mol. The molecule has 132 valence electrons. The van der Waals surface area contributed by atoms with Crippen molar-refractivity contribution >= 4 is 11.9 Å². The lowest BCUT2D eigenvalue weighted by atomic mass is 10.0. The van der Waals surface area contributed by atoms with Gasteiger partial charge in [0.05, 0.1) is 6.61 Å². The molecule has 0 unspecified atom stereocenters. The van der Waals surface area contributed by atoms with Gasteiger partial charge in [0.25, 0.3) is 5.91 Å². The van der Waals surface area contributed by atoms with E-state index < -0.39 is 11.9 Å². The zero-order valence-corrected chi connectivity index (χ0v) is 14.2. The van der Waals surface area contributed by atoms with Crippen molar-refractivity contribution < 1.29 is 28.9 Å². The van der Waals surface area contributed by atoms with Gasteiger partial charge >= 0.3 is 5.97 Å². The lowest BCUT2D eigenvalue weighted by Crippen LogP contribution is -2.40. The molecule has 1 aromatic carbocycles. The van der Waals surface area contributed by atoms with Gasteiger partial charge in [0, 0.05) is 25.6 Å². The zero-order valence-electron chi connectivity index (χ0n) is 14.2. The van der Waals surface area contributed by atoms with Crippen LogP contribution in [0.25, 0.3) is 0 Å². The highest BCUT2D eigenvalue weighted by molar-refractivity contribution is 5.82. The first kappa shape index (κ1) is 18.1. The van der Waals surface area contributed by atoms with E-state index in [0.29, 0.717) is 11.5 Å². The highest BCUT2D eigenvalue weighted by Gasteiger charge is 2.32. The minimum absolute atomic E-state index is 0.196. The molecule has 0 bridgehead atoms. The van der Waals surface area contributed by atoms with Crippen LogP contribution < -0.4 is 9.47 Å². The van der Waals surface area contributed by atoms with E-state index in [9.17, 15) is 9.59 Å². The molecule has 0 fully saturated rings. The largest absolute Gasteiger partial charge is 0.483 e. The van der Waals surface area contributed by atoms with Crippen molar-refractivity contribution in [2.45, 2.75) is 25.9 Å². The summed E-state index contributed by atoms with van der Waals surface area (Å²) in [6, 6.07) is 5.56. The minimum atomic E-state index is -1.08. The second-order valence-electron chi connectivity index (χ2n) is 6.27. The number of carboxylic acids is 1. The third-order valence-electron chi connectivity index (χ3n) is 3.65. The van der Waals surface area contributed by atoms with Crippen molar-refractivity contribution in [1.29, 1.82) is 0 Å². The molecule has 1 aliphatic rings. The van der Waals surface area contributed by atoms with Crippen molar-refractivity contribution in [2.75, 3.05) is 33.4 Å². The van der Waals surface area contributed by atoms with E-state index in [1.807, 2.05) is 26.0 Å². The molecular weight excluding hydrogens is 314 g/mol. The summed E-state index contributed by atoms with van der Waals surface area (Å²) in [6.45, 7) is 3.79. The Morgan fingerprint density at radius 1 is 1.38 bits per heavy atom. The number of ether oxygens (including phenoxy) is 3. The number of nitrogens with zero attached hydrogens (tertiary/aromatic N) is 1. The van der Waals surface area contributed by atoms with E-state index in [2.05, 4.69) is 0 Å². The van der Waals surface area contributed by atoms with E-state index in [1.54, 1.807) is 6.07 Å². The predicted octanol–water partition coefficient (Wildman–Crippen LogP) is 1.34. The first-order valence-electron chi connectivity index (χ1n) is 7.74. The van der Waals surface area contributed by atoms with Crippen LogP contribution in [0, 0.1) is 0 Å². The number of amides is 1. The van der Waals surface area contributed by atoms with Crippen LogP contribution in [0.2, 0.25) is 0 Å². The average molecular weight is 337 g/mol. The third-order valence-corrected chi connectivity index (χ3v) is 3.65. The zero-order chi connectivity index (χ0) is 17.7. The van der Waals surface area contributed by atoms with Crippen LogP contribution in [0.15, 0.2) is 18.2 Å². The Hall–Kier alpha value is -2.28. The van der Waals surface area contributed by atoms with Gasteiger partial charge in [0.15, 0.2) is 18.1 Å². The van der Waals surface area contributed by atoms with Crippen LogP contribution in [0.3, 0.4) is 0 Å². The number of aliphatic carboxylic acids is 1. The molecule has 0 spiro atoms. The van der Waals surface area contributed by atoms with Gasteiger partial charge in [-0.2, -0.15) is 0 Å². The minimum Gasteiger partial charge on any atom is -0.483 e. The van der Waals surface area contributed by atoms with Crippen molar-refractivity contribution in [3.8, 4) is 11.5 Å². The number of methoxy groups -OCH3 is 1. The van der Waals surface area contributed by atoms with Gasteiger partial charge in [0.2, 0.25) is 0 Å². The van der Waals surface area contributed by atoms with Crippen LogP contribution in [0.5, 0.6) is 11.5 Å². The van der Waals surface area contributed by atoms with Gasteiger partial charge < -0.3 is 24.2 Å². The summed E-state index contributed by atoms with van der Waals surface area (Å²) in [5, 5.41) is 8.91. The van der Waals surface area contributed by atoms with Gasteiger partial charge in [0.1, 0.15) is 12.1 Å². The molecular formula is C17H23NO6. The number of hydrogen-bond acceptors (Lipinski definition) is 5. The Kier molecular flexibility index (Phi) is 5.66. The first-order chi connectivity index (χ1) is 11.3. The van der Waals surface area contributed by atoms with E-state index in [0.717, 1.165) is 12.0 Å². The summed E-state index contributed by atoms with van der Waals surface area (Å²) in [5.74, 6) is -0.347. The molecule has 0 atom stereocenters. The summed E-state index contributed by atoms with van der Waals surface area (Å²) in [6.07, 6.45) is 0.770. The molecule has 1 heterocycles. The molecule has 0 saturated heterocycles. The molecule has 0 aliphatic carbocycles. The smallest absolute Gasteiger partial charge is 0.323 e. The standard InChI is InChI=1S/C17H23NO6/c1-17(2)9-12-5-4-6-13(16(12)24-17)23-11-14(19)18(7-8-22-3)10-15(20)21/h4-6H,7-11H2,1-3H3,(H,20,21). The molecule has 1 aromatic rings. The van der Waals surface area contributed by atoms with Crippen LogP contribution in [0.4, 0.5) is 0 Å². The van der Waals surface area contributed by atoms with Gasteiger partial charge in [-0.15, -0.1) is 0 Å². The van der Waals surface area contributed by atoms with Gasteiger partial charge in [-0.1, -0.05) is 12.1 Å². The Morgan fingerprint density at radius 3 is 2.79 bits per heavy atom. The molecule has 1 amide bonds. The second kappa shape index (κ2) is 7.53. The fourth-order valence-electron chi connectivity index (χ4n) is 2.59. The Morgan fingerprint density at radius 2 is 2.12 bits per heavy atom. The van der Waals surface area contributed by atoms with Crippen molar-refractivity contribution in [1.82, 2.24) is 4.90 Å². The number of para-hydroxylation sites is 1. The quantitative estimate of drug-likeness (QED) is 0.770. The molecule has 24 heavy (non-hydrogen) atoms. The lowest BCUT2D eigenvalue weighted by Gasteiger charge is -2.21. The average Bonchev–Trinajstić information content (AvgIpc) is 2.83. The Bertz CT molecular complexity index is 613. The first-order valence-corrected chi connectivity index (χ1v) is 7.74. The third kappa shape index (κ3) is 4.61. The summed E-state index contributed by atoms with van der Waals surface area (Å²) in [5.41, 5.74) is 0.728. The summed E-state index contributed by atoms with van der Waals surface area (Å²) in [4.78, 5) is 24.3. The van der Waals surface area contributed by atoms with Crippen LogP contribution in [-0.4, -0.2) is 60.9 Å². The molecule has 7 nitrogen and oxygen atoms in total.